The predicted molar refractivity (Wildman–Crippen MR) is 67.4 cm³/mol. The highest BCUT2D eigenvalue weighted by molar-refractivity contribution is 7.99. The normalized spacial score (nSPS) is 12.7. The Morgan fingerprint density at radius 3 is 2.56 bits per heavy atom. The Kier molecular flexibility index (Phi) is 5.09. The fourth-order valence-electron chi connectivity index (χ4n) is 1.19. The quantitative estimate of drug-likeness (QED) is 0.776. The maximum atomic E-state index is 12.9. The summed E-state index contributed by atoms with van der Waals surface area (Å²) in [5.74, 6) is -3.25. The Morgan fingerprint density at radius 2 is 2.00 bits per heavy atom. The highest BCUT2D eigenvalue weighted by atomic mass is 32.2. The molecule has 0 unspecified atom stereocenters. The minimum atomic E-state index is -3.95. The van der Waals surface area contributed by atoms with E-state index in [1.165, 1.54) is 23.9 Å². The molecule has 0 saturated carbocycles. The monoisotopic (exact) mass is 296 g/mol. The summed E-state index contributed by atoms with van der Waals surface area (Å²) in [6.45, 7) is -1.91. The second-order valence-electron chi connectivity index (χ2n) is 3.54. The van der Waals surface area contributed by atoms with Crippen molar-refractivity contribution in [3.63, 3.8) is 0 Å². The van der Waals surface area contributed by atoms with Crippen LogP contribution in [-0.4, -0.2) is 33.7 Å². The van der Waals surface area contributed by atoms with Gasteiger partial charge in [-0.15, -0.1) is 11.8 Å². The molecule has 4 nitrogen and oxygen atoms in total. The fourth-order valence-corrected chi connectivity index (χ4v) is 3.40. The van der Waals surface area contributed by atoms with E-state index in [4.69, 9.17) is 5.73 Å². The summed E-state index contributed by atoms with van der Waals surface area (Å²) in [4.78, 5) is 0.492. The number of nitrogens with two attached hydrogens (primary N) is 1. The first-order chi connectivity index (χ1) is 8.32. The van der Waals surface area contributed by atoms with Crippen molar-refractivity contribution in [1.82, 2.24) is 4.72 Å². The first-order valence-corrected chi connectivity index (χ1v) is 7.74. The molecule has 1 aromatic rings. The summed E-state index contributed by atoms with van der Waals surface area (Å²) >= 11 is 1.23. The van der Waals surface area contributed by atoms with Crippen LogP contribution in [0.4, 0.5) is 8.78 Å². The molecular weight excluding hydrogens is 282 g/mol. The first-order valence-electron chi connectivity index (χ1n) is 5.03. The molecule has 0 radical (unpaired) electrons. The van der Waals surface area contributed by atoms with E-state index < -0.39 is 29.0 Å². The molecule has 0 aliphatic rings. The molecule has 0 saturated heterocycles. The van der Waals surface area contributed by atoms with Crippen LogP contribution in [0.1, 0.15) is 0 Å². The molecule has 18 heavy (non-hydrogen) atoms. The molecule has 0 atom stereocenters. The van der Waals surface area contributed by atoms with Crippen LogP contribution in [0.15, 0.2) is 34.1 Å². The number of sulfonamides is 1. The van der Waals surface area contributed by atoms with Crippen LogP contribution >= 0.6 is 11.8 Å². The molecule has 0 bridgehead atoms. The number of hydrogen-bond acceptors (Lipinski definition) is 4. The summed E-state index contributed by atoms with van der Waals surface area (Å²) in [5, 5.41) is 0. The van der Waals surface area contributed by atoms with Crippen molar-refractivity contribution in [1.29, 1.82) is 0 Å². The van der Waals surface area contributed by atoms with Crippen LogP contribution in [-0.2, 0) is 10.0 Å². The van der Waals surface area contributed by atoms with Crippen molar-refractivity contribution in [3.05, 3.63) is 24.3 Å². The van der Waals surface area contributed by atoms with Crippen LogP contribution in [0.5, 0.6) is 0 Å². The predicted octanol–water partition coefficient (Wildman–Crippen LogP) is 1.28. The maximum absolute atomic E-state index is 12.9. The zero-order chi connectivity index (χ0) is 13.8. The molecular formula is C10H14F2N2O2S2. The van der Waals surface area contributed by atoms with Gasteiger partial charge < -0.3 is 5.73 Å². The van der Waals surface area contributed by atoms with Crippen molar-refractivity contribution >= 4 is 21.8 Å². The number of nitrogens with one attached hydrogen (secondary N) is 1. The van der Waals surface area contributed by atoms with Crippen molar-refractivity contribution in [3.8, 4) is 0 Å². The lowest BCUT2D eigenvalue weighted by Crippen LogP contribution is -2.41. The topological polar surface area (TPSA) is 72.2 Å². The number of alkyl halides is 2. The van der Waals surface area contributed by atoms with Gasteiger partial charge in [-0.1, -0.05) is 12.1 Å². The van der Waals surface area contributed by atoms with Gasteiger partial charge in [-0.2, -0.15) is 0 Å². The van der Waals surface area contributed by atoms with E-state index in [1.54, 1.807) is 18.4 Å². The molecule has 0 aliphatic heterocycles. The highest BCUT2D eigenvalue weighted by Gasteiger charge is 2.29. The lowest BCUT2D eigenvalue weighted by molar-refractivity contribution is 0.0170. The van der Waals surface area contributed by atoms with E-state index >= 15 is 0 Å². The third-order valence-corrected chi connectivity index (χ3v) is 4.56. The van der Waals surface area contributed by atoms with Gasteiger partial charge in [-0.05, 0) is 18.4 Å². The third kappa shape index (κ3) is 3.91. The van der Waals surface area contributed by atoms with Crippen molar-refractivity contribution in [2.24, 2.45) is 5.73 Å². The fraction of sp³-hybridized carbons (Fsp3) is 0.400. The van der Waals surface area contributed by atoms with Gasteiger partial charge in [0, 0.05) is 4.90 Å². The second-order valence-corrected chi connectivity index (χ2v) is 6.12. The average Bonchev–Trinajstić information content (AvgIpc) is 2.37. The summed E-state index contributed by atoms with van der Waals surface area (Å²) in [7, 11) is -3.95. The number of thioether (sulfide) groups is 1. The molecule has 8 heteroatoms. The zero-order valence-electron chi connectivity index (χ0n) is 9.69. The molecule has 0 amide bonds. The van der Waals surface area contributed by atoms with Gasteiger partial charge in [-0.25, -0.2) is 21.9 Å². The molecule has 0 heterocycles. The second kappa shape index (κ2) is 5.96. The van der Waals surface area contributed by atoms with Crippen LogP contribution in [0.3, 0.4) is 0 Å². The van der Waals surface area contributed by atoms with E-state index in [-0.39, 0.29) is 4.90 Å². The Morgan fingerprint density at radius 1 is 1.39 bits per heavy atom. The van der Waals surface area contributed by atoms with Gasteiger partial charge in [0.2, 0.25) is 10.0 Å². The third-order valence-electron chi connectivity index (χ3n) is 2.18. The van der Waals surface area contributed by atoms with E-state index in [0.717, 1.165) is 0 Å². The molecule has 3 N–H and O–H groups in total. The number of hydrogen-bond donors (Lipinski definition) is 2. The van der Waals surface area contributed by atoms with Gasteiger partial charge in [0.1, 0.15) is 0 Å². The number of halogens is 2. The minimum Gasteiger partial charge on any atom is -0.325 e. The van der Waals surface area contributed by atoms with Crippen LogP contribution in [0.25, 0.3) is 0 Å². The summed E-state index contributed by atoms with van der Waals surface area (Å²) in [5.41, 5.74) is 4.84. The standard InChI is InChI=1S/C10H14F2N2O2S2/c1-17-8-4-2-3-5-9(8)18(15,16)14-7-10(11,12)6-13/h2-5,14H,6-7,13H2,1H3. The lowest BCUT2D eigenvalue weighted by Gasteiger charge is -2.15. The molecule has 1 rings (SSSR count). The Bertz CT molecular complexity index is 506. The summed E-state index contributed by atoms with van der Waals surface area (Å²) in [6.07, 6.45) is 1.71. The Balaban J connectivity index is 2.94. The van der Waals surface area contributed by atoms with Gasteiger partial charge in [-0.3, -0.25) is 0 Å². The SMILES string of the molecule is CSc1ccccc1S(=O)(=O)NCC(F)(F)CN. The van der Waals surface area contributed by atoms with Gasteiger partial charge in [0.15, 0.2) is 0 Å². The smallest absolute Gasteiger partial charge is 0.273 e. The Labute approximate surface area is 109 Å². The van der Waals surface area contributed by atoms with Crippen molar-refractivity contribution in [2.45, 2.75) is 15.7 Å². The zero-order valence-corrected chi connectivity index (χ0v) is 11.3. The van der Waals surface area contributed by atoms with Crippen molar-refractivity contribution in [2.75, 3.05) is 19.3 Å². The van der Waals surface area contributed by atoms with E-state index in [2.05, 4.69) is 0 Å². The summed E-state index contributed by atoms with van der Waals surface area (Å²) in [6, 6.07) is 6.20. The number of benzene rings is 1. The number of rotatable bonds is 6. The highest BCUT2D eigenvalue weighted by Crippen LogP contribution is 2.24. The maximum Gasteiger partial charge on any atom is 0.273 e. The lowest BCUT2D eigenvalue weighted by atomic mass is 10.3. The Hall–Kier alpha value is -0.700. The average molecular weight is 296 g/mol. The van der Waals surface area contributed by atoms with E-state index in [9.17, 15) is 17.2 Å². The molecule has 0 aliphatic carbocycles. The summed E-state index contributed by atoms with van der Waals surface area (Å²) < 4.78 is 51.5. The van der Waals surface area contributed by atoms with Gasteiger partial charge in [0.25, 0.3) is 5.92 Å². The van der Waals surface area contributed by atoms with E-state index in [0.29, 0.717) is 4.90 Å². The van der Waals surface area contributed by atoms with Crippen LogP contribution < -0.4 is 10.5 Å². The van der Waals surface area contributed by atoms with Crippen LogP contribution in [0.2, 0.25) is 0 Å². The molecule has 0 spiro atoms. The largest absolute Gasteiger partial charge is 0.325 e. The van der Waals surface area contributed by atoms with Crippen molar-refractivity contribution < 1.29 is 17.2 Å². The first kappa shape index (κ1) is 15.4. The molecule has 1 aromatic carbocycles. The van der Waals surface area contributed by atoms with Crippen LogP contribution in [0, 0.1) is 0 Å². The van der Waals surface area contributed by atoms with Gasteiger partial charge in [0.05, 0.1) is 18.0 Å². The molecule has 0 fully saturated rings. The minimum absolute atomic E-state index is 0.00896. The van der Waals surface area contributed by atoms with E-state index in [1.807, 2.05) is 4.72 Å². The van der Waals surface area contributed by atoms with Gasteiger partial charge >= 0.3 is 0 Å². The molecule has 102 valence electrons. The molecule has 0 aromatic heterocycles.